The van der Waals surface area contributed by atoms with E-state index in [1.54, 1.807) is 22.6 Å². The first-order valence-electron chi connectivity index (χ1n) is 14.0. The Morgan fingerprint density at radius 2 is 1.93 bits per heavy atom. The largest absolute Gasteiger partial charge is 0.341 e. The maximum Gasteiger partial charge on any atom is 0.250 e. The van der Waals surface area contributed by atoms with E-state index >= 15 is 0 Å². The lowest BCUT2D eigenvalue weighted by molar-refractivity contribution is -0.117. The number of anilines is 2. The molecule has 4 aromatic rings. The number of aromatic nitrogens is 4. The van der Waals surface area contributed by atoms with Gasteiger partial charge in [0.05, 0.1) is 21.1 Å². The van der Waals surface area contributed by atoms with Gasteiger partial charge in [-0.15, -0.1) is 11.3 Å². The quantitative estimate of drug-likeness (QED) is 0.246. The summed E-state index contributed by atoms with van der Waals surface area (Å²) in [6.45, 7) is 8.21. The van der Waals surface area contributed by atoms with Gasteiger partial charge in [0.2, 0.25) is 6.41 Å². The Morgan fingerprint density at radius 1 is 1.12 bits per heavy atom. The van der Waals surface area contributed by atoms with Gasteiger partial charge in [0.25, 0.3) is 5.92 Å². The molecule has 0 unspecified atom stereocenters. The second-order valence-electron chi connectivity index (χ2n) is 9.71. The second-order valence-corrected chi connectivity index (χ2v) is 10.6. The zero-order valence-electron chi connectivity index (χ0n) is 23.8. The number of carbonyl (C=O) groups excluding carboxylic acids is 1. The molecule has 41 heavy (non-hydrogen) atoms. The highest BCUT2D eigenvalue weighted by atomic mass is 32.1. The molecule has 12 heteroatoms. The number of thiazole rings is 1. The van der Waals surface area contributed by atoms with E-state index in [1.807, 2.05) is 38.5 Å². The number of rotatable bonds is 7. The van der Waals surface area contributed by atoms with Crippen LogP contribution in [0.5, 0.6) is 0 Å². The van der Waals surface area contributed by atoms with Crippen LogP contribution in [0.2, 0.25) is 0 Å². The molecule has 0 aliphatic carbocycles. The van der Waals surface area contributed by atoms with E-state index in [0.717, 1.165) is 70.9 Å². The highest BCUT2D eigenvalue weighted by Gasteiger charge is 2.33. The Morgan fingerprint density at radius 3 is 2.63 bits per heavy atom. The number of benzene rings is 1. The molecular weight excluding hydrogens is 546 g/mol. The van der Waals surface area contributed by atoms with Crippen molar-refractivity contribution in [2.75, 3.05) is 51.6 Å². The van der Waals surface area contributed by atoms with Gasteiger partial charge >= 0.3 is 0 Å². The minimum atomic E-state index is -2.41. The number of carbonyl (C=O) groups is 1. The lowest BCUT2D eigenvalue weighted by atomic mass is 10.1. The Labute approximate surface area is 243 Å². The lowest BCUT2D eigenvalue weighted by Crippen LogP contribution is -2.41. The van der Waals surface area contributed by atoms with Gasteiger partial charge in [-0.2, -0.15) is 0 Å². The number of amides is 1. The van der Waals surface area contributed by atoms with Gasteiger partial charge in [0, 0.05) is 63.5 Å². The first kappa shape index (κ1) is 30.5. The van der Waals surface area contributed by atoms with Crippen molar-refractivity contribution < 1.29 is 13.6 Å². The average Bonchev–Trinajstić information content (AvgIpc) is 3.66. The fourth-order valence-electron chi connectivity index (χ4n) is 4.68. The Bertz CT molecular complexity index is 1440. The van der Waals surface area contributed by atoms with Crippen LogP contribution in [0, 0.1) is 0 Å². The molecule has 1 amide bonds. The second kappa shape index (κ2) is 14.4. The highest BCUT2D eigenvalue weighted by Crippen LogP contribution is 2.30. The van der Waals surface area contributed by atoms with E-state index < -0.39 is 5.92 Å². The van der Waals surface area contributed by atoms with Crippen LogP contribution in [-0.4, -0.2) is 88.4 Å². The Kier molecular flexibility index (Phi) is 10.7. The summed E-state index contributed by atoms with van der Waals surface area (Å²) in [6, 6.07) is 8.15. The number of nitrogens with one attached hydrogen (secondary N) is 3. The minimum absolute atomic E-state index is 0.0245. The topological polar surface area (TPSA) is 102 Å². The van der Waals surface area contributed by atoms with Crippen LogP contribution in [0.1, 0.15) is 38.8 Å². The Hall–Kier alpha value is -3.48. The summed E-state index contributed by atoms with van der Waals surface area (Å²) in [6.07, 6.45) is 5.41. The molecule has 0 saturated carbocycles. The number of hydrogen-bond acceptors (Lipinski definition) is 8. The first-order valence-corrected chi connectivity index (χ1v) is 14.9. The number of aromatic amines is 1. The van der Waals surface area contributed by atoms with Crippen molar-refractivity contribution in [1.29, 1.82) is 0 Å². The third kappa shape index (κ3) is 8.05. The number of likely N-dealkylation sites (N-methyl/N-ethyl adjacent to an activating group) is 1. The van der Waals surface area contributed by atoms with E-state index in [9.17, 15) is 13.6 Å². The summed E-state index contributed by atoms with van der Waals surface area (Å²) >= 11 is 1.61. The maximum absolute atomic E-state index is 12.7. The molecule has 0 radical (unpaired) electrons. The van der Waals surface area contributed by atoms with Crippen molar-refractivity contribution in [3.8, 4) is 0 Å². The van der Waals surface area contributed by atoms with Gasteiger partial charge in [-0.25, -0.2) is 23.7 Å². The zero-order valence-corrected chi connectivity index (χ0v) is 24.6. The molecule has 1 fully saturated rings. The molecule has 1 saturated heterocycles. The molecule has 3 N–H and O–H groups in total. The molecule has 2 aliphatic heterocycles. The van der Waals surface area contributed by atoms with E-state index in [-0.39, 0.29) is 12.8 Å². The van der Waals surface area contributed by atoms with Crippen molar-refractivity contribution in [3.63, 3.8) is 0 Å². The van der Waals surface area contributed by atoms with Gasteiger partial charge in [-0.1, -0.05) is 19.9 Å². The monoisotopic (exact) mass is 584 g/mol. The fourth-order valence-corrected chi connectivity index (χ4v) is 5.40. The van der Waals surface area contributed by atoms with E-state index in [2.05, 4.69) is 53.7 Å². The normalized spacial score (nSPS) is 16.8. The summed E-state index contributed by atoms with van der Waals surface area (Å²) in [5.74, 6) is -1.65. The number of H-pyrrole nitrogens is 1. The summed E-state index contributed by atoms with van der Waals surface area (Å²) in [5.41, 5.74) is 6.82. The lowest BCUT2D eigenvalue weighted by Gasteiger charge is -2.31. The third-order valence-electron chi connectivity index (χ3n) is 7.02. The number of halogens is 2. The molecule has 6 rings (SSSR count). The van der Waals surface area contributed by atoms with E-state index in [0.29, 0.717) is 19.6 Å². The van der Waals surface area contributed by atoms with Gasteiger partial charge in [0.1, 0.15) is 17.8 Å². The summed E-state index contributed by atoms with van der Waals surface area (Å²) in [5, 5.41) is 7.34. The van der Waals surface area contributed by atoms with Crippen LogP contribution in [0.4, 0.5) is 20.3 Å². The van der Waals surface area contributed by atoms with Crippen molar-refractivity contribution >= 4 is 56.1 Å². The zero-order chi connectivity index (χ0) is 29.2. The molecule has 0 atom stereocenters. The van der Waals surface area contributed by atoms with Crippen LogP contribution >= 0.6 is 11.3 Å². The van der Waals surface area contributed by atoms with Crippen LogP contribution < -0.4 is 10.6 Å². The number of piperidine rings is 1. The number of alkyl halides is 2. The standard InChI is InChI=1S/C19H16N6OS.C8H16F2N2.C2H6/c26-11-25-5-3-12(4-6-25)16-8-14-18(20-9-21-19(14)24-16)23-13-1-2-15-17(7-13)27-10-22-15;1-11-4-7-12-5-2-8(9,10)3-6-12;1-2/h1-3,7-11H,4-6H2,(H2,20,21,23,24);11H,2-7H2,1H3;1-2H3. The van der Waals surface area contributed by atoms with Crippen LogP contribution in [0.25, 0.3) is 26.8 Å². The maximum atomic E-state index is 12.7. The number of hydrogen-bond donors (Lipinski definition) is 3. The van der Waals surface area contributed by atoms with Crippen molar-refractivity contribution in [2.45, 2.75) is 39.0 Å². The Balaban J connectivity index is 0.000000234. The first-order chi connectivity index (χ1) is 19.9. The third-order valence-corrected chi connectivity index (χ3v) is 7.81. The molecule has 220 valence electrons. The van der Waals surface area contributed by atoms with Crippen LogP contribution in [0.3, 0.4) is 0 Å². The molecule has 2 aliphatic rings. The molecule has 9 nitrogen and oxygen atoms in total. The molecule has 0 spiro atoms. The van der Waals surface area contributed by atoms with E-state index in [1.165, 1.54) is 5.57 Å². The van der Waals surface area contributed by atoms with Gasteiger partial charge < -0.3 is 25.4 Å². The summed E-state index contributed by atoms with van der Waals surface area (Å²) in [4.78, 5) is 31.2. The molecule has 5 heterocycles. The van der Waals surface area contributed by atoms with Gasteiger partial charge in [-0.05, 0) is 43.3 Å². The number of nitrogens with zero attached hydrogens (tertiary/aromatic N) is 5. The highest BCUT2D eigenvalue weighted by molar-refractivity contribution is 7.16. The molecule has 1 aromatic carbocycles. The number of fused-ring (bicyclic) bond motifs is 2. The molecule has 0 bridgehead atoms. The average molecular weight is 585 g/mol. The molecule has 3 aromatic heterocycles. The fraction of sp³-hybridized carbons (Fsp3) is 0.448. The number of likely N-dealkylation sites (tertiary alicyclic amines) is 1. The minimum Gasteiger partial charge on any atom is -0.341 e. The van der Waals surface area contributed by atoms with Gasteiger partial charge in [0.15, 0.2) is 0 Å². The SMILES string of the molecule is CC.CNCCN1CCC(F)(F)CC1.O=CN1CC=C(c2cc3c(Nc4ccc5ncsc5c4)ncnc3[nH]2)CC1. The summed E-state index contributed by atoms with van der Waals surface area (Å²) < 4.78 is 26.4. The van der Waals surface area contributed by atoms with E-state index in [4.69, 9.17) is 0 Å². The summed E-state index contributed by atoms with van der Waals surface area (Å²) in [7, 11) is 1.87. The molecular formula is C29H38F2N8OS. The smallest absolute Gasteiger partial charge is 0.250 e. The van der Waals surface area contributed by atoms with Crippen LogP contribution in [-0.2, 0) is 4.79 Å². The van der Waals surface area contributed by atoms with Crippen molar-refractivity contribution in [3.05, 3.63) is 47.9 Å². The van der Waals surface area contributed by atoms with Crippen molar-refractivity contribution in [1.82, 2.24) is 35.1 Å². The predicted molar refractivity (Wildman–Crippen MR) is 163 cm³/mol. The predicted octanol–water partition coefficient (Wildman–Crippen LogP) is 5.52. The van der Waals surface area contributed by atoms with Crippen molar-refractivity contribution in [2.24, 2.45) is 0 Å². The van der Waals surface area contributed by atoms with Gasteiger partial charge in [-0.3, -0.25) is 4.79 Å². The van der Waals surface area contributed by atoms with Crippen LogP contribution in [0.15, 0.2) is 42.2 Å².